The summed E-state index contributed by atoms with van der Waals surface area (Å²) in [4.78, 5) is 4.21. The average molecular weight is 317 g/mol. The van der Waals surface area contributed by atoms with Crippen molar-refractivity contribution in [3.05, 3.63) is 51.8 Å². The van der Waals surface area contributed by atoms with Crippen LogP contribution in [0.4, 0.5) is 4.39 Å². The van der Waals surface area contributed by atoms with Gasteiger partial charge in [-0.3, -0.25) is 0 Å². The normalized spacial score (nSPS) is 14.3. The number of hydrogen-bond donors (Lipinski definition) is 1. The topological polar surface area (TPSA) is 38.0 Å². The average Bonchev–Trinajstić information content (AvgIpc) is 2.80. The highest BCUT2D eigenvalue weighted by Crippen LogP contribution is 2.34. The van der Waals surface area contributed by atoms with Crippen molar-refractivity contribution in [2.45, 2.75) is 32.4 Å². The molecule has 0 fully saturated rings. The summed E-state index contributed by atoms with van der Waals surface area (Å²) in [6, 6.07) is 2.47. The second-order valence-electron chi connectivity index (χ2n) is 4.83. The lowest BCUT2D eigenvalue weighted by Gasteiger charge is -2.25. The highest BCUT2D eigenvalue weighted by molar-refractivity contribution is 6.35. The predicted molar refractivity (Wildman–Crippen MR) is 77.6 cm³/mol. The lowest BCUT2D eigenvalue weighted by Crippen LogP contribution is -2.27. The van der Waals surface area contributed by atoms with Gasteiger partial charge in [-0.1, -0.05) is 23.2 Å². The van der Waals surface area contributed by atoms with Gasteiger partial charge < -0.3 is 9.67 Å². The standard InChI is InChI=1S/C14H15Cl2FN2O/c1-3-19-5-4-18-13(19)8-14(2,20)9-6-12(17)11(16)7-10(9)15/h4-7,20H,3,8H2,1-2H3. The number of halogens is 3. The van der Waals surface area contributed by atoms with E-state index in [1.165, 1.54) is 12.1 Å². The highest BCUT2D eigenvalue weighted by atomic mass is 35.5. The Bertz CT molecular complexity index is 626. The van der Waals surface area contributed by atoms with Crippen molar-refractivity contribution in [3.8, 4) is 0 Å². The lowest BCUT2D eigenvalue weighted by atomic mass is 9.92. The quantitative estimate of drug-likeness (QED) is 0.871. The molecule has 6 heteroatoms. The molecule has 108 valence electrons. The second-order valence-corrected chi connectivity index (χ2v) is 5.64. The molecule has 0 radical (unpaired) electrons. The Labute approximate surface area is 127 Å². The number of imidazole rings is 1. The van der Waals surface area contributed by atoms with Gasteiger partial charge in [-0.25, -0.2) is 9.37 Å². The predicted octanol–water partition coefficient (Wildman–Crippen LogP) is 3.80. The van der Waals surface area contributed by atoms with Crippen molar-refractivity contribution in [2.75, 3.05) is 0 Å². The van der Waals surface area contributed by atoms with Crippen LogP contribution in [-0.2, 0) is 18.6 Å². The molecule has 1 N–H and O–H groups in total. The number of hydrogen-bond acceptors (Lipinski definition) is 2. The molecule has 3 nitrogen and oxygen atoms in total. The summed E-state index contributed by atoms with van der Waals surface area (Å²) in [7, 11) is 0. The van der Waals surface area contributed by atoms with Crippen LogP contribution < -0.4 is 0 Å². The molecule has 0 aliphatic carbocycles. The molecule has 1 aromatic carbocycles. The maximum Gasteiger partial charge on any atom is 0.142 e. The summed E-state index contributed by atoms with van der Waals surface area (Å²) in [5.74, 6) is 0.106. The van der Waals surface area contributed by atoms with Gasteiger partial charge >= 0.3 is 0 Å². The van der Waals surface area contributed by atoms with E-state index in [9.17, 15) is 9.50 Å². The van der Waals surface area contributed by atoms with E-state index < -0.39 is 11.4 Å². The molecule has 2 rings (SSSR count). The Morgan fingerprint density at radius 2 is 2.05 bits per heavy atom. The van der Waals surface area contributed by atoms with Crippen LogP contribution in [0.25, 0.3) is 0 Å². The van der Waals surface area contributed by atoms with E-state index in [2.05, 4.69) is 4.98 Å². The van der Waals surface area contributed by atoms with Gasteiger partial charge in [0.05, 0.1) is 10.6 Å². The van der Waals surface area contributed by atoms with Gasteiger partial charge in [0, 0.05) is 35.9 Å². The van der Waals surface area contributed by atoms with E-state index in [0.29, 0.717) is 11.4 Å². The van der Waals surface area contributed by atoms with Crippen molar-refractivity contribution in [1.29, 1.82) is 0 Å². The molecule has 1 heterocycles. The van der Waals surface area contributed by atoms with Crippen molar-refractivity contribution >= 4 is 23.2 Å². The van der Waals surface area contributed by atoms with Crippen molar-refractivity contribution in [3.63, 3.8) is 0 Å². The maximum atomic E-state index is 13.6. The monoisotopic (exact) mass is 316 g/mol. The first kappa shape index (κ1) is 15.3. The summed E-state index contributed by atoms with van der Waals surface area (Å²) in [5.41, 5.74) is -1.03. The number of benzene rings is 1. The minimum Gasteiger partial charge on any atom is -0.385 e. The summed E-state index contributed by atoms with van der Waals surface area (Å²) in [6.45, 7) is 4.30. The number of aryl methyl sites for hydroxylation is 1. The van der Waals surface area contributed by atoms with Crippen LogP contribution in [0.2, 0.25) is 10.0 Å². The van der Waals surface area contributed by atoms with E-state index in [0.717, 1.165) is 6.54 Å². The fraction of sp³-hybridized carbons (Fsp3) is 0.357. The Hall–Kier alpha value is -1.10. The van der Waals surface area contributed by atoms with Crippen LogP contribution in [0, 0.1) is 5.82 Å². The van der Waals surface area contributed by atoms with Crippen LogP contribution in [0.5, 0.6) is 0 Å². The summed E-state index contributed by atoms with van der Waals surface area (Å²) in [5, 5.41) is 10.8. The van der Waals surface area contributed by atoms with Gasteiger partial charge in [-0.2, -0.15) is 0 Å². The molecule has 0 amide bonds. The van der Waals surface area contributed by atoms with Crippen molar-refractivity contribution in [1.82, 2.24) is 9.55 Å². The third-order valence-electron chi connectivity index (χ3n) is 3.23. The largest absolute Gasteiger partial charge is 0.385 e. The number of nitrogens with zero attached hydrogens (tertiary/aromatic N) is 2. The highest BCUT2D eigenvalue weighted by Gasteiger charge is 2.29. The molecule has 1 atom stereocenters. The van der Waals surface area contributed by atoms with Crippen LogP contribution in [0.3, 0.4) is 0 Å². The zero-order valence-corrected chi connectivity index (χ0v) is 12.7. The molecule has 2 aromatic rings. The fourth-order valence-corrected chi connectivity index (χ4v) is 2.72. The molecule has 0 aliphatic rings. The lowest BCUT2D eigenvalue weighted by molar-refractivity contribution is 0.0544. The first-order valence-corrected chi connectivity index (χ1v) is 6.98. The first-order valence-electron chi connectivity index (χ1n) is 6.22. The molecule has 20 heavy (non-hydrogen) atoms. The van der Waals surface area contributed by atoms with Gasteiger partial charge in [0.1, 0.15) is 11.6 Å². The molecule has 1 unspecified atom stereocenters. The Kier molecular flexibility index (Phi) is 4.37. The third kappa shape index (κ3) is 2.97. The van der Waals surface area contributed by atoms with E-state index in [1.54, 1.807) is 13.1 Å². The van der Waals surface area contributed by atoms with Crippen LogP contribution in [0.15, 0.2) is 24.5 Å². The molecular weight excluding hydrogens is 302 g/mol. The van der Waals surface area contributed by atoms with Gasteiger partial charge in [0.25, 0.3) is 0 Å². The SMILES string of the molecule is CCn1ccnc1CC(C)(O)c1cc(F)c(Cl)cc1Cl. The summed E-state index contributed by atoms with van der Waals surface area (Å²) >= 11 is 11.7. The van der Waals surface area contributed by atoms with Crippen LogP contribution in [-0.4, -0.2) is 14.7 Å². The minimum absolute atomic E-state index is 0.0652. The number of rotatable bonds is 4. The van der Waals surface area contributed by atoms with Crippen molar-refractivity contribution < 1.29 is 9.50 Å². The Balaban J connectivity index is 2.37. The molecule has 0 aliphatic heterocycles. The van der Waals surface area contributed by atoms with Crippen LogP contribution >= 0.6 is 23.2 Å². The third-order valence-corrected chi connectivity index (χ3v) is 3.84. The molecule has 0 saturated carbocycles. The zero-order valence-electron chi connectivity index (χ0n) is 11.2. The molecule has 0 bridgehead atoms. The molecule has 0 saturated heterocycles. The van der Waals surface area contributed by atoms with E-state index in [4.69, 9.17) is 23.2 Å². The molecule has 0 spiro atoms. The first-order chi connectivity index (χ1) is 9.35. The Morgan fingerprint density at radius 1 is 1.35 bits per heavy atom. The van der Waals surface area contributed by atoms with Crippen LogP contribution in [0.1, 0.15) is 25.2 Å². The Morgan fingerprint density at radius 3 is 2.70 bits per heavy atom. The zero-order chi connectivity index (χ0) is 14.9. The van der Waals surface area contributed by atoms with Crippen molar-refractivity contribution in [2.24, 2.45) is 0 Å². The molecule has 1 aromatic heterocycles. The van der Waals surface area contributed by atoms with Gasteiger partial charge in [0.15, 0.2) is 0 Å². The van der Waals surface area contributed by atoms with Gasteiger partial charge in [0.2, 0.25) is 0 Å². The maximum absolute atomic E-state index is 13.6. The van der Waals surface area contributed by atoms with Gasteiger partial charge in [-0.15, -0.1) is 0 Å². The second kappa shape index (κ2) is 5.72. The summed E-state index contributed by atoms with van der Waals surface area (Å²) < 4.78 is 15.5. The van der Waals surface area contributed by atoms with E-state index in [1.807, 2.05) is 17.7 Å². The molecular formula is C14H15Cl2FN2O. The smallest absolute Gasteiger partial charge is 0.142 e. The number of aromatic nitrogens is 2. The fourth-order valence-electron chi connectivity index (χ4n) is 2.13. The summed E-state index contributed by atoms with van der Waals surface area (Å²) in [6.07, 6.45) is 3.73. The minimum atomic E-state index is -1.33. The number of aliphatic hydroxyl groups is 1. The van der Waals surface area contributed by atoms with E-state index >= 15 is 0 Å². The van der Waals surface area contributed by atoms with Gasteiger partial charge in [-0.05, 0) is 26.0 Å². The van der Waals surface area contributed by atoms with E-state index in [-0.39, 0.29) is 16.5 Å².